The number of carbonyl (C=O) groups excluding carboxylic acids is 1. The van der Waals surface area contributed by atoms with Crippen LogP contribution in [0.1, 0.15) is 10.4 Å². The van der Waals surface area contributed by atoms with Crippen molar-refractivity contribution in [3.63, 3.8) is 0 Å². The largest absolute Gasteiger partial charge is 0.508 e. The third-order valence-electron chi connectivity index (χ3n) is 3.70. The molecular weight excluding hydrogens is 284 g/mol. The zero-order chi connectivity index (χ0) is 16.1. The summed E-state index contributed by atoms with van der Waals surface area (Å²) >= 11 is 0. The lowest BCUT2D eigenvalue weighted by atomic mass is 9.99. The molecule has 112 valence electrons. The molecule has 0 spiro atoms. The van der Waals surface area contributed by atoms with Crippen molar-refractivity contribution >= 4 is 27.8 Å². The third-order valence-corrected chi connectivity index (χ3v) is 3.70. The van der Waals surface area contributed by atoms with Crippen molar-refractivity contribution in [3.05, 3.63) is 90.5 Å². The van der Waals surface area contributed by atoms with E-state index in [4.69, 9.17) is 5.11 Å². The van der Waals surface area contributed by atoms with Crippen LogP contribution in [0, 0.1) is 0 Å². The second-order valence-corrected chi connectivity index (χ2v) is 5.18. The molecule has 0 fully saturated rings. The summed E-state index contributed by atoms with van der Waals surface area (Å²) in [7, 11) is 0. The molecule has 0 saturated carbocycles. The lowest BCUT2D eigenvalue weighted by Crippen LogP contribution is -1.84. The summed E-state index contributed by atoms with van der Waals surface area (Å²) in [5, 5.41) is 13.2. The van der Waals surface area contributed by atoms with Gasteiger partial charge in [-0.15, -0.1) is 0 Å². The fraction of sp³-hybridized carbons (Fsp3) is 0. The van der Waals surface area contributed by atoms with Crippen molar-refractivity contribution in [1.82, 2.24) is 0 Å². The van der Waals surface area contributed by atoms with E-state index in [1.165, 1.54) is 10.8 Å². The minimum Gasteiger partial charge on any atom is -0.508 e. The first kappa shape index (κ1) is 14.8. The maximum atomic E-state index is 11.0. The van der Waals surface area contributed by atoms with E-state index in [-0.39, 0.29) is 0 Å². The molecule has 0 saturated heterocycles. The monoisotopic (exact) mass is 300 g/mol. The van der Waals surface area contributed by atoms with Gasteiger partial charge in [0, 0.05) is 5.56 Å². The highest BCUT2D eigenvalue weighted by Gasteiger charge is 2.02. The molecule has 4 aromatic rings. The first-order valence-corrected chi connectivity index (χ1v) is 7.39. The second-order valence-electron chi connectivity index (χ2n) is 5.18. The Labute approximate surface area is 134 Å². The number of benzene rings is 4. The number of rotatable bonds is 1. The molecule has 4 aromatic carbocycles. The SMILES string of the molecule is O=Cc1cccc2c1ccc1ccccc12.Oc1ccccc1. The van der Waals surface area contributed by atoms with Crippen molar-refractivity contribution in [2.24, 2.45) is 0 Å². The van der Waals surface area contributed by atoms with Gasteiger partial charge in [-0.1, -0.05) is 72.8 Å². The number of carbonyl (C=O) groups is 1. The molecule has 0 unspecified atom stereocenters. The van der Waals surface area contributed by atoms with E-state index in [0.29, 0.717) is 5.75 Å². The van der Waals surface area contributed by atoms with E-state index in [1.54, 1.807) is 24.3 Å². The van der Waals surface area contributed by atoms with Crippen LogP contribution in [0.3, 0.4) is 0 Å². The molecule has 0 amide bonds. The Bertz CT molecular complexity index is 943. The van der Waals surface area contributed by atoms with Crippen LogP contribution < -0.4 is 0 Å². The zero-order valence-corrected chi connectivity index (χ0v) is 12.5. The van der Waals surface area contributed by atoms with Gasteiger partial charge < -0.3 is 5.11 Å². The summed E-state index contributed by atoms with van der Waals surface area (Å²) in [4.78, 5) is 11.0. The summed E-state index contributed by atoms with van der Waals surface area (Å²) in [5.74, 6) is 0.322. The maximum Gasteiger partial charge on any atom is 0.150 e. The molecule has 2 nitrogen and oxygen atoms in total. The predicted octanol–water partition coefficient (Wildman–Crippen LogP) is 5.20. The van der Waals surface area contributed by atoms with E-state index in [1.807, 2.05) is 36.4 Å². The number of hydrogen-bond donors (Lipinski definition) is 1. The Kier molecular flexibility index (Phi) is 4.34. The lowest BCUT2D eigenvalue weighted by Gasteiger charge is -2.05. The highest BCUT2D eigenvalue weighted by Crippen LogP contribution is 2.26. The molecular formula is C21H16O2. The molecule has 0 radical (unpaired) electrons. The van der Waals surface area contributed by atoms with E-state index in [9.17, 15) is 4.79 Å². The zero-order valence-electron chi connectivity index (χ0n) is 12.5. The second kappa shape index (κ2) is 6.75. The fourth-order valence-electron chi connectivity index (χ4n) is 2.60. The number of para-hydroxylation sites is 1. The van der Waals surface area contributed by atoms with Crippen LogP contribution in [0.5, 0.6) is 5.75 Å². The molecule has 0 aliphatic heterocycles. The van der Waals surface area contributed by atoms with Gasteiger partial charge >= 0.3 is 0 Å². The molecule has 0 heterocycles. The quantitative estimate of drug-likeness (QED) is 0.387. The standard InChI is InChI=1S/C15H10O.C6H6O/c16-10-12-5-3-7-15-13-6-2-1-4-11(13)8-9-14(12)15;7-6-4-2-1-3-5-6/h1-10H;1-5,7H. The number of fused-ring (bicyclic) bond motifs is 3. The number of aromatic hydroxyl groups is 1. The van der Waals surface area contributed by atoms with Gasteiger partial charge in [0.1, 0.15) is 5.75 Å². The van der Waals surface area contributed by atoms with Crippen molar-refractivity contribution in [1.29, 1.82) is 0 Å². The minimum atomic E-state index is 0.322. The van der Waals surface area contributed by atoms with Crippen molar-refractivity contribution in [2.75, 3.05) is 0 Å². The van der Waals surface area contributed by atoms with Gasteiger partial charge in [-0.3, -0.25) is 4.79 Å². The average Bonchev–Trinajstić information content (AvgIpc) is 2.62. The van der Waals surface area contributed by atoms with Gasteiger partial charge in [0.05, 0.1) is 0 Å². The molecule has 0 aromatic heterocycles. The van der Waals surface area contributed by atoms with Crippen LogP contribution in [-0.4, -0.2) is 11.4 Å². The maximum absolute atomic E-state index is 11.0. The first-order valence-electron chi connectivity index (χ1n) is 7.39. The van der Waals surface area contributed by atoms with E-state index < -0.39 is 0 Å². The molecule has 2 heteroatoms. The van der Waals surface area contributed by atoms with Crippen LogP contribution in [-0.2, 0) is 0 Å². The normalized spacial score (nSPS) is 10.1. The highest BCUT2D eigenvalue weighted by molar-refractivity contribution is 6.11. The van der Waals surface area contributed by atoms with Crippen LogP contribution in [0.25, 0.3) is 21.5 Å². The molecule has 0 atom stereocenters. The Morgan fingerprint density at radius 1 is 0.609 bits per heavy atom. The van der Waals surface area contributed by atoms with E-state index in [2.05, 4.69) is 24.3 Å². The average molecular weight is 300 g/mol. The molecule has 0 bridgehead atoms. The van der Waals surface area contributed by atoms with Crippen molar-refractivity contribution in [2.45, 2.75) is 0 Å². The Morgan fingerprint density at radius 3 is 2.00 bits per heavy atom. The first-order chi connectivity index (χ1) is 11.3. The van der Waals surface area contributed by atoms with Crippen LogP contribution >= 0.6 is 0 Å². The van der Waals surface area contributed by atoms with E-state index in [0.717, 1.165) is 22.6 Å². The Morgan fingerprint density at radius 2 is 1.30 bits per heavy atom. The molecule has 4 rings (SSSR count). The minimum absolute atomic E-state index is 0.322. The number of phenols is 1. The van der Waals surface area contributed by atoms with Crippen LogP contribution in [0.4, 0.5) is 0 Å². The number of phenolic OH excluding ortho intramolecular Hbond substituents is 1. The molecule has 23 heavy (non-hydrogen) atoms. The van der Waals surface area contributed by atoms with Gasteiger partial charge in [0.25, 0.3) is 0 Å². The summed E-state index contributed by atoms with van der Waals surface area (Å²) in [5.41, 5.74) is 0.753. The van der Waals surface area contributed by atoms with Gasteiger partial charge in [-0.25, -0.2) is 0 Å². The number of aldehydes is 1. The smallest absolute Gasteiger partial charge is 0.150 e. The topological polar surface area (TPSA) is 37.3 Å². The lowest BCUT2D eigenvalue weighted by molar-refractivity contribution is 0.112. The van der Waals surface area contributed by atoms with Gasteiger partial charge in [0.2, 0.25) is 0 Å². The van der Waals surface area contributed by atoms with Gasteiger partial charge in [-0.05, 0) is 33.7 Å². The molecule has 0 aliphatic carbocycles. The van der Waals surface area contributed by atoms with Crippen LogP contribution in [0.2, 0.25) is 0 Å². The highest BCUT2D eigenvalue weighted by atomic mass is 16.3. The fourth-order valence-corrected chi connectivity index (χ4v) is 2.60. The summed E-state index contributed by atoms with van der Waals surface area (Å²) in [6.07, 6.45) is 0.914. The Balaban J connectivity index is 0.000000188. The summed E-state index contributed by atoms with van der Waals surface area (Å²) in [6.45, 7) is 0. The Hall–Kier alpha value is -3.13. The third kappa shape index (κ3) is 3.22. The predicted molar refractivity (Wildman–Crippen MR) is 94.9 cm³/mol. The molecule has 0 aliphatic rings. The van der Waals surface area contributed by atoms with Crippen molar-refractivity contribution < 1.29 is 9.90 Å². The van der Waals surface area contributed by atoms with Crippen molar-refractivity contribution in [3.8, 4) is 5.75 Å². The van der Waals surface area contributed by atoms with Gasteiger partial charge in [0.15, 0.2) is 6.29 Å². The van der Waals surface area contributed by atoms with Gasteiger partial charge in [-0.2, -0.15) is 0 Å². The van der Waals surface area contributed by atoms with Crippen LogP contribution in [0.15, 0.2) is 84.9 Å². The van der Waals surface area contributed by atoms with E-state index >= 15 is 0 Å². The summed E-state index contributed by atoms with van der Waals surface area (Å²) in [6, 6.07) is 26.9. The summed E-state index contributed by atoms with van der Waals surface area (Å²) < 4.78 is 0. The molecule has 1 N–H and O–H groups in total. The number of hydrogen-bond acceptors (Lipinski definition) is 2.